The van der Waals surface area contributed by atoms with E-state index in [4.69, 9.17) is 16.7 Å². The van der Waals surface area contributed by atoms with Gasteiger partial charge in [-0.05, 0) is 31.5 Å². The molecule has 1 aromatic carbocycles. The molecule has 1 amide bonds. The van der Waals surface area contributed by atoms with Crippen molar-refractivity contribution in [3.8, 4) is 0 Å². The molecular formula is C16H20ClN3O2. The van der Waals surface area contributed by atoms with Gasteiger partial charge in [-0.1, -0.05) is 23.7 Å². The minimum absolute atomic E-state index is 0.0715. The molecule has 6 heteroatoms. The molecule has 0 saturated carbocycles. The Bertz CT molecular complexity index is 669. The number of benzene rings is 1. The fourth-order valence-electron chi connectivity index (χ4n) is 2.14. The molecule has 0 bridgehead atoms. The lowest BCUT2D eigenvalue weighted by molar-refractivity contribution is 0.0681. The number of aliphatic hydroxyl groups is 1. The Kier molecular flexibility index (Phi) is 5.21. The predicted molar refractivity (Wildman–Crippen MR) is 86.2 cm³/mol. The van der Waals surface area contributed by atoms with Crippen molar-refractivity contribution in [2.75, 3.05) is 13.7 Å². The first-order valence-corrected chi connectivity index (χ1v) is 7.46. The summed E-state index contributed by atoms with van der Waals surface area (Å²) in [6.45, 7) is 4.08. The third kappa shape index (κ3) is 3.67. The number of carbonyl (C=O) groups excluding carboxylic acids is 1. The number of hydrogen-bond donors (Lipinski definition) is 1. The summed E-state index contributed by atoms with van der Waals surface area (Å²) in [5.74, 6) is -0.142. The van der Waals surface area contributed by atoms with Crippen LogP contribution < -0.4 is 0 Å². The van der Waals surface area contributed by atoms with Gasteiger partial charge in [0.15, 0.2) is 0 Å². The number of amides is 1. The van der Waals surface area contributed by atoms with Crippen LogP contribution in [0.4, 0.5) is 0 Å². The van der Waals surface area contributed by atoms with E-state index in [1.54, 1.807) is 31.8 Å². The lowest BCUT2D eigenvalue weighted by Gasteiger charge is -2.22. The molecule has 1 heterocycles. The average Bonchev–Trinajstić information content (AvgIpc) is 2.85. The molecule has 1 unspecified atom stereocenters. The first-order chi connectivity index (χ1) is 10.4. The molecule has 2 rings (SSSR count). The van der Waals surface area contributed by atoms with Crippen LogP contribution in [0.3, 0.4) is 0 Å². The summed E-state index contributed by atoms with van der Waals surface area (Å²) in [6.07, 6.45) is 1.74. The fourth-order valence-corrected chi connectivity index (χ4v) is 2.36. The van der Waals surface area contributed by atoms with Crippen LogP contribution in [0, 0.1) is 6.92 Å². The van der Waals surface area contributed by atoms with Crippen LogP contribution in [-0.4, -0.2) is 45.4 Å². The molecular weight excluding hydrogens is 302 g/mol. The lowest BCUT2D eigenvalue weighted by Crippen LogP contribution is -2.37. The van der Waals surface area contributed by atoms with Gasteiger partial charge in [-0.2, -0.15) is 5.10 Å². The zero-order valence-electron chi connectivity index (χ0n) is 13.0. The highest BCUT2D eigenvalue weighted by atomic mass is 35.5. The van der Waals surface area contributed by atoms with Crippen molar-refractivity contribution in [1.29, 1.82) is 0 Å². The molecule has 0 aliphatic carbocycles. The summed E-state index contributed by atoms with van der Waals surface area (Å²) in [4.78, 5) is 13.9. The summed E-state index contributed by atoms with van der Waals surface area (Å²) in [6, 6.07) is 7.31. The Hall–Kier alpha value is -1.85. The number of aromatic nitrogens is 2. The molecule has 0 spiro atoms. The number of rotatable bonds is 5. The normalized spacial score (nSPS) is 12.2. The van der Waals surface area contributed by atoms with Crippen molar-refractivity contribution in [3.63, 3.8) is 0 Å². The largest absolute Gasteiger partial charge is 0.394 e. The number of carbonyl (C=O) groups is 1. The number of halogens is 1. The molecule has 1 N–H and O–H groups in total. The number of aliphatic hydroxyl groups excluding tert-OH is 1. The molecule has 118 valence electrons. The SMILES string of the molecule is Cc1nn(Cc2cccc(Cl)c2)cc1C(=O)N(C)C(C)CO. The summed E-state index contributed by atoms with van der Waals surface area (Å²) in [5, 5.41) is 14.2. The van der Waals surface area contributed by atoms with Gasteiger partial charge in [0.05, 0.1) is 30.5 Å². The first kappa shape index (κ1) is 16.5. The highest BCUT2D eigenvalue weighted by molar-refractivity contribution is 6.30. The van der Waals surface area contributed by atoms with Crippen LogP contribution in [0.2, 0.25) is 5.02 Å². The molecule has 0 radical (unpaired) electrons. The van der Waals surface area contributed by atoms with Crippen LogP contribution >= 0.6 is 11.6 Å². The summed E-state index contributed by atoms with van der Waals surface area (Å²) in [5.41, 5.74) is 2.24. The number of likely N-dealkylation sites (N-methyl/N-ethyl adjacent to an activating group) is 1. The van der Waals surface area contributed by atoms with Crippen LogP contribution in [0.25, 0.3) is 0 Å². The maximum Gasteiger partial charge on any atom is 0.257 e. The second kappa shape index (κ2) is 6.94. The van der Waals surface area contributed by atoms with Crippen LogP contribution in [0.1, 0.15) is 28.5 Å². The lowest BCUT2D eigenvalue weighted by atomic mass is 10.2. The topological polar surface area (TPSA) is 58.4 Å². The van der Waals surface area contributed by atoms with E-state index >= 15 is 0 Å². The van der Waals surface area contributed by atoms with Gasteiger partial charge >= 0.3 is 0 Å². The smallest absolute Gasteiger partial charge is 0.257 e. The average molecular weight is 322 g/mol. The van der Waals surface area contributed by atoms with Crippen molar-refractivity contribution in [1.82, 2.24) is 14.7 Å². The third-order valence-corrected chi connectivity index (χ3v) is 3.89. The van der Waals surface area contributed by atoms with Gasteiger partial charge in [0.1, 0.15) is 0 Å². The van der Waals surface area contributed by atoms with Gasteiger partial charge in [-0.15, -0.1) is 0 Å². The van der Waals surface area contributed by atoms with E-state index in [9.17, 15) is 4.79 Å². The molecule has 0 aliphatic heterocycles. The summed E-state index contributed by atoms with van der Waals surface area (Å²) in [7, 11) is 1.68. The van der Waals surface area contributed by atoms with Crippen molar-refractivity contribution in [2.45, 2.75) is 26.4 Å². The maximum absolute atomic E-state index is 12.4. The molecule has 0 fully saturated rings. The van der Waals surface area contributed by atoms with Gasteiger partial charge in [0.25, 0.3) is 5.91 Å². The summed E-state index contributed by atoms with van der Waals surface area (Å²) < 4.78 is 1.73. The van der Waals surface area contributed by atoms with Crippen molar-refractivity contribution >= 4 is 17.5 Å². The zero-order valence-corrected chi connectivity index (χ0v) is 13.7. The second-order valence-electron chi connectivity index (χ2n) is 5.40. The summed E-state index contributed by atoms with van der Waals surface area (Å²) >= 11 is 5.98. The minimum Gasteiger partial charge on any atom is -0.394 e. The first-order valence-electron chi connectivity index (χ1n) is 7.09. The van der Waals surface area contributed by atoms with Gasteiger partial charge < -0.3 is 10.0 Å². The Morgan fingerprint density at radius 1 is 1.50 bits per heavy atom. The minimum atomic E-state index is -0.233. The van der Waals surface area contributed by atoms with E-state index < -0.39 is 0 Å². The fraction of sp³-hybridized carbons (Fsp3) is 0.375. The Labute approximate surface area is 135 Å². The molecule has 1 atom stereocenters. The Morgan fingerprint density at radius 3 is 2.86 bits per heavy atom. The monoisotopic (exact) mass is 321 g/mol. The Balaban J connectivity index is 2.19. The van der Waals surface area contributed by atoms with E-state index in [1.807, 2.05) is 24.3 Å². The molecule has 1 aromatic heterocycles. The third-order valence-electron chi connectivity index (χ3n) is 3.66. The van der Waals surface area contributed by atoms with E-state index in [0.29, 0.717) is 22.8 Å². The van der Waals surface area contributed by atoms with Crippen molar-refractivity contribution in [3.05, 3.63) is 52.3 Å². The van der Waals surface area contributed by atoms with Gasteiger partial charge in [0.2, 0.25) is 0 Å². The number of aryl methyl sites for hydroxylation is 1. The molecule has 5 nitrogen and oxygen atoms in total. The highest BCUT2D eigenvalue weighted by Crippen LogP contribution is 2.14. The standard InChI is InChI=1S/C16H20ClN3O2/c1-11(10-21)19(3)16(22)15-9-20(18-12(15)2)8-13-5-4-6-14(17)7-13/h4-7,9,11,21H,8,10H2,1-3H3. The van der Waals surface area contributed by atoms with Crippen molar-refractivity contribution < 1.29 is 9.90 Å². The van der Waals surface area contributed by atoms with Crippen LogP contribution in [-0.2, 0) is 6.54 Å². The molecule has 2 aromatic rings. The zero-order chi connectivity index (χ0) is 16.3. The van der Waals surface area contributed by atoms with Gasteiger partial charge in [0, 0.05) is 18.3 Å². The molecule has 0 aliphatic rings. The van der Waals surface area contributed by atoms with Gasteiger partial charge in [-0.25, -0.2) is 0 Å². The maximum atomic E-state index is 12.4. The molecule has 22 heavy (non-hydrogen) atoms. The van der Waals surface area contributed by atoms with Crippen LogP contribution in [0.5, 0.6) is 0 Å². The predicted octanol–water partition coefficient (Wildman–Crippen LogP) is 2.35. The highest BCUT2D eigenvalue weighted by Gasteiger charge is 2.20. The van der Waals surface area contributed by atoms with E-state index in [-0.39, 0.29) is 18.6 Å². The van der Waals surface area contributed by atoms with Crippen LogP contribution in [0.15, 0.2) is 30.5 Å². The van der Waals surface area contributed by atoms with E-state index in [2.05, 4.69) is 5.10 Å². The van der Waals surface area contributed by atoms with Gasteiger partial charge in [-0.3, -0.25) is 9.48 Å². The van der Waals surface area contributed by atoms with E-state index in [0.717, 1.165) is 5.56 Å². The quantitative estimate of drug-likeness (QED) is 0.919. The molecule has 0 saturated heterocycles. The van der Waals surface area contributed by atoms with Crippen molar-refractivity contribution in [2.24, 2.45) is 0 Å². The van der Waals surface area contributed by atoms with E-state index in [1.165, 1.54) is 4.90 Å². The number of hydrogen-bond acceptors (Lipinski definition) is 3. The Morgan fingerprint density at radius 2 is 2.23 bits per heavy atom. The number of nitrogens with zero attached hydrogens (tertiary/aromatic N) is 3. The second-order valence-corrected chi connectivity index (χ2v) is 5.84.